The number of para-hydroxylation sites is 1. The Morgan fingerprint density at radius 2 is 1.90 bits per heavy atom. The van der Waals surface area contributed by atoms with Crippen molar-refractivity contribution in [2.75, 3.05) is 12.3 Å². The highest BCUT2D eigenvalue weighted by Gasteiger charge is 2.25. The van der Waals surface area contributed by atoms with Crippen molar-refractivity contribution >= 4 is 28.6 Å². The van der Waals surface area contributed by atoms with Gasteiger partial charge in [-0.1, -0.05) is 49.4 Å². The van der Waals surface area contributed by atoms with E-state index < -0.39 is 0 Å². The maximum Gasteiger partial charge on any atom is 0.233 e. The number of rotatable bonds is 6. The number of carbonyl (C=O) groups excluding carboxylic acids is 1. The van der Waals surface area contributed by atoms with Gasteiger partial charge in [0.1, 0.15) is 0 Å². The first-order valence-corrected chi connectivity index (χ1v) is 11.7. The number of aromatic nitrogens is 1. The predicted octanol–water partition coefficient (Wildman–Crippen LogP) is 5.88. The van der Waals surface area contributed by atoms with Crippen molar-refractivity contribution in [3.8, 4) is 0 Å². The Hall–Kier alpha value is -2.20. The van der Waals surface area contributed by atoms with E-state index in [1.165, 1.54) is 33.3 Å². The summed E-state index contributed by atoms with van der Waals surface area (Å²) in [5.41, 5.74) is 3.88. The van der Waals surface area contributed by atoms with Crippen LogP contribution in [0.2, 0.25) is 0 Å². The molecule has 0 aliphatic carbocycles. The van der Waals surface area contributed by atoms with Gasteiger partial charge in [-0.15, -0.1) is 11.8 Å². The average Bonchev–Trinajstić information content (AvgIpc) is 3.11. The summed E-state index contributed by atoms with van der Waals surface area (Å²) in [6.45, 7) is 6.14. The van der Waals surface area contributed by atoms with Crippen LogP contribution in [0.4, 0.5) is 0 Å². The van der Waals surface area contributed by atoms with Crippen molar-refractivity contribution in [2.45, 2.75) is 57.0 Å². The van der Waals surface area contributed by atoms with Crippen molar-refractivity contribution in [1.82, 2.24) is 9.47 Å². The largest absolute Gasteiger partial charge is 0.342 e. The van der Waals surface area contributed by atoms with Crippen LogP contribution in [0.25, 0.3) is 10.9 Å². The van der Waals surface area contributed by atoms with Gasteiger partial charge in [0.25, 0.3) is 0 Å². The van der Waals surface area contributed by atoms with Crippen LogP contribution < -0.4 is 0 Å². The molecule has 4 heteroatoms. The number of carbonyl (C=O) groups is 1. The van der Waals surface area contributed by atoms with E-state index in [4.69, 9.17) is 0 Å². The highest BCUT2D eigenvalue weighted by molar-refractivity contribution is 8.00. The molecule has 0 radical (unpaired) electrons. The van der Waals surface area contributed by atoms with Gasteiger partial charge in [-0.05, 0) is 49.8 Å². The molecule has 0 bridgehead atoms. The van der Waals surface area contributed by atoms with E-state index in [1.807, 2.05) is 0 Å². The minimum absolute atomic E-state index is 0.289. The number of piperidine rings is 1. The molecular weight excluding hydrogens is 376 g/mol. The molecule has 1 fully saturated rings. The molecule has 0 spiro atoms. The number of aryl methyl sites for hydroxylation is 1. The van der Waals surface area contributed by atoms with Crippen LogP contribution in [-0.4, -0.2) is 33.7 Å². The van der Waals surface area contributed by atoms with Crippen LogP contribution >= 0.6 is 11.8 Å². The van der Waals surface area contributed by atoms with Crippen LogP contribution in [0, 0.1) is 6.92 Å². The fraction of sp³-hybridized carbons (Fsp3) is 0.400. The molecule has 0 N–H and O–H groups in total. The number of benzene rings is 2. The van der Waals surface area contributed by atoms with Gasteiger partial charge in [-0.2, -0.15) is 0 Å². The lowest BCUT2D eigenvalue weighted by atomic mass is 10.0. The van der Waals surface area contributed by atoms with E-state index in [2.05, 4.69) is 78.0 Å². The van der Waals surface area contributed by atoms with Crippen LogP contribution in [0.15, 0.2) is 59.6 Å². The molecule has 1 aliphatic heterocycles. The third-order valence-corrected chi connectivity index (χ3v) is 7.15. The molecule has 2 heterocycles. The Morgan fingerprint density at radius 1 is 1.10 bits per heavy atom. The molecule has 1 aliphatic rings. The summed E-state index contributed by atoms with van der Waals surface area (Å²) < 4.78 is 2.32. The Kier molecular flexibility index (Phi) is 6.29. The Bertz CT molecular complexity index is 993. The fourth-order valence-corrected chi connectivity index (χ4v) is 5.38. The second-order valence-corrected chi connectivity index (χ2v) is 9.02. The fourth-order valence-electron chi connectivity index (χ4n) is 4.41. The summed E-state index contributed by atoms with van der Waals surface area (Å²) in [5.74, 6) is 0.812. The number of hydrogen-bond donors (Lipinski definition) is 0. The summed E-state index contributed by atoms with van der Waals surface area (Å²) in [6, 6.07) is 17.5. The first-order chi connectivity index (χ1) is 14.2. The second-order valence-electron chi connectivity index (χ2n) is 8.00. The zero-order valence-corrected chi connectivity index (χ0v) is 18.3. The van der Waals surface area contributed by atoms with Crippen LogP contribution in [0.3, 0.4) is 0 Å². The molecule has 29 heavy (non-hydrogen) atoms. The van der Waals surface area contributed by atoms with Crippen molar-refractivity contribution in [1.29, 1.82) is 0 Å². The quantitative estimate of drug-likeness (QED) is 0.478. The van der Waals surface area contributed by atoms with Crippen LogP contribution in [0.1, 0.15) is 43.7 Å². The van der Waals surface area contributed by atoms with Gasteiger partial charge in [0.05, 0.1) is 5.75 Å². The van der Waals surface area contributed by atoms with Gasteiger partial charge in [0.15, 0.2) is 0 Å². The molecule has 0 unspecified atom stereocenters. The van der Waals surface area contributed by atoms with Crippen molar-refractivity contribution in [3.63, 3.8) is 0 Å². The highest BCUT2D eigenvalue weighted by atomic mass is 32.2. The number of thioether (sulfide) groups is 1. The van der Waals surface area contributed by atoms with Gasteiger partial charge in [0, 0.05) is 41.1 Å². The third kappa shape index (κ3) is 4.37. The predicted molar refractivity (Wildman–Crippen MR) is 123 cm³/mol. The van der Waals surface area contributed by atoms with Gasteiger partial charge in [-0.25, -0.2) is 0 Å². The van der Waals surface area contributed by atoms with E-state index in [1.54, 1.807) is 11.8 Å². The maximum atomic E-state index is 12.9. The third-order valence-electron chi connectivity index (χ3n) is 6.12. The van der Waals surface area contributed by atoms with Crippen LogP contribution in [-0.2, 0) is 11.3 Å². The molecule has 1 aromatic heterocycles. The molecule has 2 aromatic carbocycles. The normalized spacial score (nSPS) is 17.0. The lowest BCUT2D eigenvalue weighted by Gasteiger charge is -2.35. The zero-order chi connectivity index (χ0) is 20.2. The van der Waals surface area contributed by atoms with E-state index in [9.17, 15) is 4.79 Å². The lowest BCUT2D eigenvalue weighted by molar-refractivity contribution is -0.132. The van der Waals surface area contributed by atoms with E-state index in [0.717, 1.165) is 32.4 Å². The van der Waals surface area contributed by atoms with E-state index >= 15 is 0 Å². The summed E-state index contributed by atoms with van der Waals surface area (Å²) in [4.78, 5) is 16.2. The van der Waals surface area contributed by atoms with Crippen molar-refractivity contribution < 1.29 is 4.79 Å². The minimum atomic E-state index is 0.289. The van der Waals surface area contributed by atoms with Crippen molar-refractivity contribution in [2.24, 2.45) is 0 Å². The number of hydrogen-bond acceptors (Lipinski definition) is 2. The van der Waals surface area contributed by atoms with Crippen molar-refractivity contribution in [3.05, 3.63) is 65.9 Å². The molecule has 3 nitrogen and oxygen atoms in total. The van der Waals surface area contributed by atoms with Crippen LogP contribution in [0.5, 0.6) is 0 Å². The van der Waals surface area contributed by atoms with E-state index in [-0.39, 0.29) is 5.91 Å². The van der Waals surface area contributed by atoms with E-state index in [0.29, 0.717) is 11.8 Å². The molecule has 3 aromatic rings. The molecule has 4 rings (SSSR count). The molecule has 1 atom stereocenters. The first kappa shape index (κ1) is 20.1. The smallest absolute Gasteiger partial charge is 0.233 e. The molecule has 0 saturated carbocycles. The SMILES string of the molecule is CC[C@@H]1CCCCN1C(=O)CSc1cn(Cc2ccccc2C)c2ccccc12. The number of amides is 1. The van der Waals surface area contributed by atoms with Gasteiger partial charge >= 0.3 is 0 Å². The zero-order valence-electron chi connectivity index (χ0n) is 17.4. The molecular formula is C25H30N2OS. The lowest BCUT2D eigenvalue weighted by Crippen LogP contribution is -2.44. The average molecular weight is 407 g/mol. The van der Waals surface area contributed by atoms with Gasteiger partial charge < -0.3 is 9.47 Å². The summed E-state index contributed by atoms with van der Waals surface area (Å²) >= 11 is 1.69. The summed E-state index contributed by atoms with van der Waals surface area (Å²) in [6.07, 6.45) is 6.84. The molecule has 1 saturated heterocycles. The second kappa shape index (κ2) is 9.08. The van der Waals surface area contributed by atoms with Gasteiger partial charge in [-0.3, -0.25) is 4.79 Å². The number of likely N-dealkylation sites (tertiary alicyclic amines) is 1. The topological polar surface area (TPSA) is 25.2 Å². The number of nitrogens with zero attached hydrogens (tertiary/aromatic N) is 2. The summed E-state index contributed by atoms with van der Waals surface area (Å²) in [7, 11) is 0. The number of fused-ring (bicyclic) bond motifs is 1. The minimum Gasteiger partial charge on any atom is -0.342 e. The Labute approximate surface area is 178 Å². The monoisotopic (exact) mass is 406 g/mol. The standard InChI is InChI=1S/C25H30N2OS/c1-3-21-12-8-9-15-27(21)25(28)18-29-24-17-26(23-14-7-6-13-22(23)24)16-20-11-5-4-10-19(20)2/h4-7,10-11,13-14,17,21H,3,8-9,12,15-16,18H2,1-2H3/t21-/m1/s1. The summed E-state index contributed by atoms with van der Waals surface area (Å²) in [5, 5.41) is 1.24. The Balaban J connectivity index is 1.53. The first-order valence-electron chi connectivity index (χ1n) is 10.7. The Morgan fingerprint density at radius 3 is 2.72 bits per heavy atom. The molecule has 1 amide bonds. The molecule has 152 valence electrons. The highest BCUT2D eigenvalue weighted by Crippen LogP contribution is 2.31. The maximum absolute atomic E-state index is 12.9. The van der Waals surface area contributed by atoms with Gasteiger partial charge in [0.2, 0.25) is 5.91 Å².